The Balaban J connectivity index is 1.88. The fraction of sp³-hybridized carbons (Fsp3) is 0.500. The Morgan fingerprint density at radius 3 is 2.30 bits per heavy atom. The molecular weight excluding hydrogens is 362 g/mol. The van der Waals surface area contributed by atoms with Crippen LogP contribution in [0, 0.1) is 11.8 Å². The number of piperazine rings is 1. The molecule has 0 bridgehead atoms. The van der Waals surface area contributed by atoms with E-state index >= 15 is 0 Å². The predicted molar refractivity (Wildman–Crippen MR) is 110 cm³/mol. The highest BCUT2D eigenvalue weighted by Gasteiger charge is 2.25. The Morgan fingerprint density at radius 2 is 1.74 bits per heavy atom. The number of sulfonamides is 1. The van der Waals surface area contributed by atoms with Crippen LogP contribution < -0.4 is 9.64 Å². The van der Waals surface area contributed by atoms with Crippen molar-refractivity contribution >= 4 is 15.7 Å². The molecular formula is C20H29N3O3S. The van der Waals surface area contributed by atoms with Crippen molar-refractivity contribution < 1.29 is 13.2 Å². The smallest absolute Gasteiger partial charge is 0.236 e. The first-order valence-corrected chi connectivity index (χ1v) is 10.8. The van der Waals surface area contributed by atoms with Crippen molar-refractivity contribution in [3.8, 4) is 17.6 Å². The Labute approximate surface area is 163 Å². The number of hydrogen-bond acceptors (Lipinski definition) is 5. The van der Waals surface area contributed by atoms with Gasteiger partial charge in [0.2, 0.25) is 10.0 Å². The highest BCUT2D eigenvalue weighted by Crippen LogP contribution is 2.21. The topological polar surface area (TPSA) is 53.1 Å². The van der Waals surface area contributed by atoms with Crippen molar-refractivity contribution in [2.75, 3.05) is 57.8 Å². The third-order valence-corrected chi connectivity index (χ3v) is 6.22. The summed E-state index contributed by atoms with van der Waals surface area (Å²) in [4.78, 5) is 4.35. The van der Waals surface area contributed by atoms with Gasteiger partial charge in [0.25, 0.3) is 0 Å². The summed E-state index contributed by atoms with van der Waals surface area (Å²) in [6, 6.07) is 7.82. The number of allylic oxidation sites excluding steroid dienone is 1. The highest BCUT2D eigenvalue weighted by molar-refractivity contribution is 7.92. The van der Waals surface area contributed by atoms with Gasteiger partial charge in [0.05, 0.1) is 19.1 Å². The summed E-state index contributed by atoms with van der Waals surface area (Å²) in [5.74, 6) is 6.63. The van der Waals surface area contributed by atoms with E-state index in [1.54, 1.807) is 7.11 Å². The van der Waals surface area contributed by atoms with Gasteiger partial charge in [0, 0.05) is 37.9 Å². The molecule has 1 aliphatic heterocycles. The quantitative estimate of drug-likeness (QED) is 0.666. The van der Waals surface area contributed by atoms with Crippen LogP contribution in [0.15, 0.2) is 35.7 Å². The largest absolute Gasteiger partial charge is 0.497 e. The molecule has 0 unspecified atom stereocenters. The molecule has 2 rings (SSSR count). The van der Waals surface area contributed by atoms with Gasteiger partial charge in [0.1, 0.15) is 5.75 Å². The van der Waals surface area contributed by atoms with E-state index in [0.29, 0.717) is 32.7 Å². The van der Waals surface area contributed by atoms with E-state index in [-0.39, 0.29) is 0 Å². The van der Waals surface area contributed by atoms with Gasteiger partial charge in [-0.1, -0.05) is 25.7 Å². The number of benzene rings is 1. The minimum absolute atomic E-state index is 0.464. The van der Waals surface area contributed by atoms with Crippen molar-refractivity contribution in [2.24, 2.45) is 0 Å². The molecule has 1 aromatic carbocycles. The third-order valence-electron chi connectivity index (χ3n) is 4.66. The van der Waals surface area contributed by atoms with E-state index in [0.717, 1.165) is 24.5 Å². The van der Waals surface area contributed by atoms with Crippen LogP contribution in [-0.4, -0.2) is 70.5 Å². The number of rotatable bonds is 7. The van der Waals surface area contributed by atoms with E-state index in [2.05, 4.69) is 35.5 Å². The van der Waals surface area contributed by atoms with E-state index in [1.165, 1.54) is 15.8 Å². The van der Waals surface area contributed by atoms with Crippen LogP contribution in [0.5, 0.6) is 5.75 Å². The molecule has 1 aliphatic rings. The molecule has 7 heteroatoms. The average molecular weight is 392 g/mol. The Morgan fingerprint density at radius 1 is 1.11 bits per heavy atom. The van der Waals surface area contributed by atoms with E-state index in [1.807, 2.05) is 24.3 Å². The summed E-state index contributed by atoms with van der Waals surface area (Å²) in [6.07, 6.45) is 1.44. The normalized spacial score (nSPS) is 15.8. The SMILES string of the molecule is CCN(CC)CC#C/C=C/S(=O)(=O)N1CCN(c2ccc(OC)cc2)CC1. The van der Waals surface area contributed by atoms with Gasteiger partial charge >= 0.3 is 0 Å². The molecule has 6 nitrogen and oxygen atoms in total. The zero-order chi connectivity index (χ0) is 19.7. The Bertz CT molecular complexity index is 767. The van der Waals surface area contributed by atoms with Gasteiger partial charge in [-0.15, -0.1) is 0 Å². The first kappa shape index (κ1) is 21.3. The fourth-order valence-electron chi connectivity index (χ4n) is 2.86. The van der Waals surface area contributed by atoms with Gasteiger partial charge in [0.15, 0.2) is 0 Å². The van der Waals surface area contributed by atoms with Crippen LogP contribution in [-0.2, 0) is 10.0 Å². The maximum absolute atomic E-state index is 12.4. The molecule has 27 heavy (non-hydrogen) atoms. The first-order valence-electron chi connectivity index (χ1n) is 9.26. The number of methoxy groups -OCH3 is 1. The van der Waals surface area contributed by atoms with Gasteiger partial charge in [-0.2, -0.15) is 4.31 Å². The first-order chi connectivity index (χ1) is 13.0. The predicted octanol–water partition coefficient (Wildman–Crippen LogP) is 2.01. The van der Waals surface area contributed by atoms with Crippen LogP contribution in [0.25, 0.3) is 0 Å². The zero-order valence-electron chi connectivity index (χ0n) is 16.4. The molecule has 0 radical (unpaired) electrons. The monoisotopic (exact) mass is 391 g/mol. The lowest BCUT2D eigenvalue weighted by molar-refractivity contribution is 0.342. The van der Waals surface area contributed by atoms with E-state index < -0.39 is 10.0 Å². The molecule has 1 aromatic rings. The van der Waals surface area contributed by atoms with Crippen LogP contribution in [0.2, 0.25) is 0 Å². The number of nitrogens with zero attached hydrogens (tertiary/aromatic N) is 3. The summed E-state index contributed by atoms with van der Waals surface area (Å²) in [6.45, 7) is 8.93. The number of anilines is 1. The lowest BCUT2D eigenvalue weighted by Crippen LogP contribution is -2.48. The maximum atomic E-state index is 12.4. The zero-order valence-corrected chi connectivity index (χ0v) is 17.2. The molecule has 0 spiro atoms. The van der Waals surface area contributed by atoms with E-state index in [4.69, 9.17) is 4.74 Å². The molecule has 1 saturated heterocycles. The second-order valence-corrected chi connectivity index (χ2v) is 8.03. The minimum Gasteiger partial charge on any atom is -0.497 e. The molecule has 0 N–H and O–H groups in total. The Hall–Kier alpha value is -2.01. The standard InChI is InChI=1S/C20H29N3O3S/c1-4-21(5-2)13-7-6-8-18-27(24,25)23-16-14-22(15-17-23)19-9-11-20(26-3)12-10-19/h8-12,18H,4-5,13-17H2,1-3H3/b18-8+. The average Bonchev–Trinajstić information content (AvgIpc) is 2.71. The maximum Gasteiger partial charge on any atom is 0.236 e. The molecule has 0 atom stereocenters. The van der Waals surface area contributed by atoms with Crippen molar-refractivity contribution in [1.82, 2.24) is 9.21 Å². The van der Waals surface area contributed by atoms with Crippen molar-refractivity contribution in [1.29, 1.82) is 0 Å². The minimum atomic E-state index is -3.42. The third kappa shape index (κ3) is 6.28. The van der Waals surface area contributed by atoms with Crippen LogP contribution in [0.1, 0.15) is 13.8 Å². The summed E-state index contributed by atoms with van der Waals surface area (Å²) >= 11 is 0. The van der Waals surface area contributed by atoms with Crippen LogP contribution in [0.3, 0.4) is 0 Å². The molecule has 1 heterocycles. The second kappa shape index (κ2) is 10.4. The van der Waals surface area contributed by atoms with E-state index in [9.17, 15) is 8.42 Å². The Kier molecular flexibility index (Phi) is 8.17. The second-order valence-electron chi connectivity index (χ2n) is 6.21. The molecule has 0 saturated carbocycles. The molecule has 148 valence electrons. The summed E-state index contributed by atoms with van der Waals surface area (Å²) in [7, 11) is -1.78. The summed E-state index contributed by atoms with van der Waals surface area (Å²) in [5, 5.41) is 1.21. The van der Waals surface area contributed by atoms with Crippen molar-refractivity contribution in [3.63, 3.8) is 0 Å². The number of ether oxygens (including phenoxy) is 1. The van der Waals surface area contributed by atoms with Gasteiger partial charge < -0.3 is 9.64 Å². The van der Waals surface area contributed by atoms with Gasteiger partial charge in [-0.05, 0) is 37.4 Å². The number of hydrogen-bond donors (Lipinski definition) is 0. The highest BCUT2D eigenvalue weighted by atomic mass is 32.2. The van der Waals surface area contributed by atoms with Crippen molar-refractivity contribution in [2.45, 2.75) is 13.8 Å². The lowest BCUT2D eigenvalue weighted by atomic mass is 10.2. The van der Waals surface area contributed by atoms with Crippen LogP contribution >= 0.6 is 0 Å². The molecule has 0 aromatic heterocycles. The fourth-order valence-corrected chi connectivity index (χ4v) is 3.95. The van der Waals surface area contributed by atoms with Gasteiger partial charge in [-0.25, -0.2) is 8.42 Å². The molecule has 1 fully saturated rings. The van der Waals surface area contributed by atoms with Crippen molar-refractivity contribution in [3.05, 3.63) is 35.7 Å². The molecule has 0 aliphatic carbocycles. The lowest BCUT2D eigenvalue weighted by Gasteiger charge is -2.34. The van der Waals surface area contributed by atoms with Gasteiger partial charge in [-0.3, -0.25) is 4.90 Å². The summed E-state index contributed by atoms with van der Waals surface area (Å²) < 4.78 is 31.6. The van der Waals surface area contributed by atoms with Crippen LogP contribution in [0.4, 0.5) is 5.69 Å². The molecule has 0 amide bonds. The summed E-state index contributed by atoms with van der Waals surface area (Å²) in [5.41, 5.74) is 1.07.